The van der Waals surface area contributed by atoms with Gasteiger partial charge in [0, 0.05) is 18.0 Å². The molecule has 1 heterocycles. The van der Waals surface area contributed by atoms with Crippen molar-refractivity contribution in [3.05, 3.63) is 35.0 Å². The quantitative estimate of drug-likeness (QED) is 0.772. The third kappa shape index (κ3) is 1.53. The van der Waals surface area contributed by atoms with Crippen LogP contribution in [0.5, 0.6) is 0 Å². The highest BCUT2D eigenvalue weighted by Gasteiger charge is 2.04. The van der Waals surface area contributed by atoms with E-state index in [2.05, 4.69) is 4.98 Å². The van der Waals surface area contributed by atoms with E-state index in [1.165, 1.54) is 0 Å². The van der Waals surface area contributed by atoms with Crippen molar-refractivity contribution in [2.75, 3.05) is 0 Å². The van der Waals surface area contributed by atoms with Gasteiger partial charge < -0.3 is 9.78 Å². The molecule has 0 aliphatic heterocycles. The van der Waals surface area contributed by atoms with E-state index in [-0.39, 0.29) is 0 Å². The number of aldehydes is 1. The van der Waals surface area contributed by atoms with Gasteiger partial charge in [-0.15, -0.1) is 0 Å². The number of H-pyrrole nitrogens is 1. The van der Waals surface area contributed by atoms with E-state index < -0.39 is 0 Å². The number of aryl methyl sites for hydroxylation is 1. The molecule has 0 saturated carbocycles. The summed E-state index contributed by atoms with van der Waals surface area (Å²) in [5.74, 6) is 0. The number of nitrogens with one attached hydrogen (secondary N) is 1. The van der Waals surface area contributed by atoms with Crippen LogP contribution in [0.25, 0.3) is 10.9 Å². The highest BCUT2D eigenvalue weighted by Crippen LogP contribution is 2.25. The summed E-state index contributed by atoms with van der Waals surface area (Å²) in [5.41, 5.74) is 2.18. The molecule has 0 unspecified atom stereocenters. The number of rotatable bonds is 3. The molecule has 14 heavy (non-hydrogen) atoms. The fraction of sp³-hybridized carbons (Fsp3) is 0.182. The Labute approximate surface area is 86.9 Å². The molecule has 0 atom stereocenters. The molecule has 0 aliphatic carbocycles. The Balaban J connectivity index is 2.48. The second-order valence-electron chi connectivity index (χ2n) is 3.18. The largest absolute Gasteiger partial charge is 0.360 e. The smallest absolute Gasteiger partial charge is 0.120 e. The van der Waals surface area contributed by atoms with Gasteiger partial charge in [0.25, 0.3) is 0 Å². The highest BCUT2D eigenvalue weighted by molar-refractivity contribution is 6.35. The molecule has 2 aromatic rings. The lowest BCUT2D eigenvalue weighted by atomic mass is 10.1. The van der Waals surface area contributed by atoms with Gasteiger partial charge >= 0.3 is 0 Å². The van der Waals surface area contributed by atoms with Crippen molar-refractivity contribution in [2.45, 2.75) is 12.8 Å². The molecule has 1 aromatic heterocycles. The minimum absolute atomic E-state index is 0.551. The fourth-order valence-corrected chi connectivity index (χ4v) is 1.82. The normalized spacial score (nSPS) is 10.6. The Morgan fingerprint density at radius 1 is 1.43 bits per heavy atom. The van der Waals surface area contributed by atoms with E-state index in [0.29, 0.717) is 6.42 Å². The lowest BCUT2D eigenvalue weighted by molar-refractivity contribution is -0.107. The zero-order valence-electron chi connectivity index (χ0n) is 7.59. The third-order valence-corrected chi connectivity index (χ3v) is 2.60. The summed E-state index contributed by atoms with van der Waals surface area (Å²) in [6.07, 6.45) is 4.02. The van der Waals surface area contributed by atoms with E-state index in [1.807, 2.05) is 18.2 Å². The zero-order valence-corrected chi connectivity index (χ0v) is 8.34. The van der Waals surface area contributed by atoms with Gasteiger partial charge in [0.2, 0.25) is 0 Å². The number of benzene rings is 1. The van der Waals surface area contributed by atoms with Gasteiger partial charge in [0.1, 0.15) is 6.29 Å². The Morgan fingerprint density at radius 2 is 2.29 bits per heavy atom. The van der Waals surface area contributed by atoms with Crippen molar-refractivity contribution < 1.29 is 4.79 Å². The van der Waals surface area contributed by atoms with Crippen molar-refractivity contribution in [1.29, 1.82) is 0 Å². The number of para-hydroxylation sites is 1. The lowest BCUT2D eigenvalue weighted by Gasteiger charge is -1.99. The van der Waals surface area contributed by atoms with Crippen molar-refractivity contribution >= 4 is 28.8 Å². The molecule has 72 valence electrons. The van der Waals surface area contributed by atoms with Crippen LogP contribution in [0.15, 0.2) is 24.4 Å². The van der Waals surface area contributed by atoms with Crippen LogP contribution in [0, 0.1) is 0 Å². The van der Waals surface area contributed by atoms with Gasteiger partial charge in [-0.05, 0) is 12.0 Å². The van der Waals surface area contributed by atoms with Gasteiger partial charge in [0.15, 0.2) is 0 Å². The maximum Gasteiger partial charge on any atom is 0.120 e. The van der Waals surface area contributed by atoms with Crippen molar-refractivity contribution in [2.24, 2.45) is 0 Å². The first-order chi connectivity index (χ1) is 6.83. The summed E-state index contributed by atoms with van der Waals surface area (Å²) in [4.78, 5) is 13.4. The summed E-state index contributed by atoms with van der Waals surface area (Å²) >= 11 is 5.98. The molecule has 1 N–H and O–H groups in total. The van der Waals surface area contributed by atoms with Crippen LogP contribution in [0.1, 0.15) is 12.0 Å². The maximum absolute atomic E-state index is 10.3. The van der Waals surface area contributed by atoms with E-state index in [1.54, 1.807) is 6.20 Å². The monoisotopic (exact) mass is 207 g/mol. The van der Waals surface area contributed by atoms with Gasteiger partial charge in [-0.1, -0.05) is 29.8 Å². The average molecular weight is 208 g/mol. The van der Waals surface area contributed by atoms with Crippen LogP contribution in [0.2, 0.25) is 5.02 Å². The van der Waals surface area contributed by atoms with Crippen LogP contribution in [0.3, 0.4) is 0 Å². The second-order valence-corrected chi connectivity index (χ2v) is 3.59. The SMILES string of the molecule is O=CCCc1cccc2c(Cl)c[nH]c12. The number of hydrogen-bond acceptors (Lipinski definition) is 1. The van der Waals surface area contributed by atoms with Gasteiger partial charge in [-0.25, -0.2) is 0 Å². The molecule has 0 fully saturated rings. The van der Waals surface area contributed by atoms with E-state index >= 15 is 0 Å². The predicted octanol–water partition coefficient (Wildman–Crippen LogP) is 2.95. The number of carbonyl (C=O) groups excluding carboxylic acids is 1. The van der Waals surface area contributed by atoms with Crippen molar-refractivity contribution in [3.63, 3.8) is 0 Å². The van der Waals surface area contributed by atoms with Crippen LogP contribution in [0.4, 0.5) is 0 Å². The Bertz CT molecular complexity index is 461. The number of aromatic nitrogens is 1. The number of hydrogen-bond donors (Lipinski definition) is 1. The molecule has 0 radical (unpaired) electrons. The van der Waals surface area contributed by atoms with Crippen LogP contribution in [-0.2, 0) is 11.2 Å². The lowest BCUT2D eigenvalue weighted by Crippen LogP contribution is -1.87. The van der Waals surface area contributed by atoms with Gasteiger partial charge in [-0.2, -0.15) is 0 Å². The second kappa shape index (κ2) is 3.84. The molecule has 0 bridgehead atoms. The molecule has 0 spiro atoms. The van der Waals surface area contributed by atoms with Crippen LogP contribution in [-0.4, -0.2) is 11.3 Å². The number of fused-ring (bicyclic) bond motifs is 1. The standard InChI is InChI=1S/C11H10ClNO/c12-10-7-13-11-8(4-2-6-14)3-1-5-9(10)11/h1,3,5-7,13H,2,4H2. The van der Waals surface area contributed by atoms with Gasteiger partial charge in [0.05, 0.1) is 10.5 Å². The van der Waals surface area contributed by atoms with Gasteiger partial charge in [-0.3, -0.25) is 0 Å². The summed E-state index contributed by atoms with van der Waals surface area (Å²) in [5, 5.41) is 1.75. The Kier molecular flexibility index (Phi) is 2.55. The summed E-state index contributed by atoms with van der Waals surface area (Å²) in [6, 6.07) is 5.94. The third-order valence-electron chi connectivity index (χ3n) is 2.28. The molecule has 2 nitrogen and oxygen atoms in total. The van der Waals surface area contributed by atoms with E-state index in [4.69, 9.17) is 11.6 Å². The van der Waals surface area contributed by atoms with Crippen LogP contribution < -0.4 is 0 Å². The first-order valence-corrected chi connectivity index (χ1v) is 4.89. The predicted molar refractivity (Wildman–Crippen MR) is 57.7 cm³/mol. The average Bonchev–Trinajstić information content (AvgIpc) is 2.58. The van der Waals surface area contributed by atoms with Crippen LogP contribution >= 0.6 is 11.6 Å². The van der Waals surface area contributed by atoms with E-state index in [9.17, 15) is 4.79 Å². The summed E-state index contributed by atoms with van der Waals surface area (Å²) in [7, 11) is 0. The highest BCUT2D eigenvalue weighted by atomic mass is 35.5. The Morgan fingerprint density at radius 3 is 3.07 bits per heavy atom. The molecule has 0 amide bonds. The molecular weight excluding hydrogens is 198 g/mol. The Hall–Kier alpha value is -1.28. The number of aromatic amines is 1. The molecular formula is C11H10ClNO. The van der Waals surface area contributed by atoms with E-state index in [0.717, 1.165) is 34.2 Å². The summed E-state index contributed by atoms with van der Waals surface area (Å²) < 4.78 is 0. The minimum atomic E-state index is 0.551. The molecule has 3 heteroatoms. The van der Waals surface area contributed by atoms with Crippen molar-refractivity contribution in [3.8, 4) is 0 Å². The molecule has 0 aliphatic rings. The fourth-order valence-electron chi connectivity index (χ4n) is 1.61. The summed E-state index contributed by atoms with van der Waals surface area (Å²) in [6.45, 7) is 0. The molecule has 0 saturated heterocycles. The first-order valence-electron chi connectivity index (χ1n) is 4.51. The first kappa shape index (κ1) is 9.28. The topological polar surface area (TPSA) is 32.9 Å². The number of carbonyl (C=O) groups is 1. The molecule has 1 aromatic carbocycles. The minimum Gasteiger partial charge on any atom is -0.360 e. The number of halogens is 1. The molecule has 2 rings (SSSR count). The van der Waals surface area contributed by atoms with Crippen molar-refractivity contribution in [1.82, 2.24) is 4.98 Å². The maximum atomic E-state index is 10.3. The zero-order chi connectivity index (χ0) is 9.97.